The van der Waals surface area contributed by atoms with Gasteiger partial charge in [-0.2, -0.15) is 0 Å². The van der Waals surface area contributed by atoms with E-state index >= 15 is 0 Å². The number of amides is 3. The molecule has 1 rings (SSSR count). The number of aromatic amines is 1. The molecule has 14 heteroatoms. The molecule has 0 spiro atoms. The molecule has 0 bridgehead atoms. The Balaban J connectivity index is 2.83. The second-order valence-electron chi connectivity index (χ2n) is 16.1. The van der Waals surface area contributed by atoms with Gasteiger partial charge < -0.3 is 36.9 Å². The molecule has 5 atom stereocenters. The van der Waals surface area contributed by atoms with Crippen LogP contribution in [0.1, 0.15) is 162 Å². The Morgan fingerprint density at radius 3 is 1.74 bits per heavy atom. The molecule has 0 fully saturated rings. The molecule has 0 aliphatic heterocycles. The quantitative estimate of drug-likeness (QED) is 0.0459. The number of unbranched alkanes of at least 4 members (excludes halogenated alkanes) is 13. The van der Waals surface area contributed by atoms with Crippen molar-refractivity contribution in [1.82, 2.24) is 25.9 Å². The van der Waals surface area contributed by atoms with Gasteiger partial charge in [0.1, 0.15) is 12.1 Å². The van der Waals surface area contributed by atoms with Crippen molar-refractivity contribution in [1.29, 1.82) is 0 Å². The van der Waals surface area contributed by atoms with Crippen LogP contribution >= 0.6 is 0 Å². The zero-order valence-electron chi connectivity index (χ0n) is 35.5. The highest BCUT2D eigenvalue weighted by Crippen LogP contribution is 2.20. The molecule has 14 nitrogen and oxygen atoms in total. The lowest BCUT2D eigenvalue weighted by atomic mass is 9.88. The summed E-state index contributed by atoms with van der Waals surface area (Å²) in [4.78, 5) is 85.8. The normalized spacial score (nSPS) is 14.0. The summed E-state index contributed by atoms with van der Waals surface area (Å²) in [5.41, 5.74) is 6.25. The highest BCUT2D eigenvalue weighted by atomic mass is 16.3. The van der Waals surface area contributed by atoms with Crippen molar-refractivity contribution >= 4 is 35.1 Å². The summed E-state index contributed by atoms with van der Waals surface area (Å²) in [6, 6.07) is -3.29. The summed E-state index contributed by atoms with van der Waals surface area (Å²) in [6.07, 6.45) is 20.4. The van der Waals surface area contributed by atoms with E-state index in [0.29, 0.717) is 44.3 Å². The standard InChI is InChI=1S/C43H76N6O8/c1-5-6-7-8-9-10-11-12-13-14-15-16-17-21-41(55)47-36(20-18-19-22-44)39(53)25-33(23-31(2)3)42(56)49-38(29-51)40(54)26-34(24-35-27-45-30-46-35)43(57)48-37(28-50)32(4)52/h27,30-31,33-34,36-38,50-51H,5-26,28-29,44H2,1-4H3,(H,45,46)(H,47,55)(H,48,57)(H,49,56)/t33-,34-,36+,37+,38+/m1/s1. The fraction of sp³-hybridized carbons (Fsp3) is 0.791. The van der Waals surface area contributed by atoms with Crippen molar-refractivity contribution in [2.45, 2.75) is 181 Å². The van der Waals surface area contributed by atoms with E-state index in [1.54, 1.807) is 0 Å². The number of ketones is 3. The summed E-state index contributed by atoms with van der Waals surface area (Å²) >= 11 is 0. The predicted octanol–water partition coefficient (Wildman–Crippen LogP) is 4.79. The van der Waals surface area contributed by atoms with Crippen LogP contribution in [0.3, 0.4) is 0 Å². The maximum absolute atomic E-state index is 13.7. The summed E-state index contributed by atoms with van der Waals surface area (Å²) in [7, 11) is 0. The van der Waals surface area contributed by atoms with Gasteiger partial charge in [-0.15, -0.1) is 0 Å². The summed E-state index contributed by atoms with van der Waals surface area (Å²) < 4.78 is 0. The van der Waals surface area contributed by atoms with Gasteiger partial charge in [-0.25, -0.2) is 4.98 Å². The van der Waals surface area contributed by atoms with Gasteiger partial charge in [-0.1, -0.05) is 97.8 Å². The third-order valence-electron chi connectivity index (χ3n) is 10.5. The zero-order valence-corrected chi connectivity index (χ0v) is 35.5. The lowest BCUT2D eigenvalue weighted by molar-refractivity contribution is -0.136. The number of Topliss-reactive ketones (excluding diaryl/α,β-unsaturated/α-hetero) is 3. The molecule has 1 heterocycles. The molecule has 57 heavy (non-hydrogen) atoms. The first kappa shape index (κ1) is 51.5. The minimum atomic E-state index is -1.36. The molecular weight excluding hydrogens is 729 g/mol. The number of carbonyl (C=O) groups is 6. The van der Waals surface area contributed by atoms with Crippen molar-refractivity contribution in [2.75, 3.05) is 19.8 Å². The number of aromatic nitrogens is 2. The van der Waals surface area contributed by atoms with Gasteiger partial charge >= 0.3 is 0 Å². The Kier molecular flexibility index (Phi) is 28.5. The number of aliphatic hydroxyl groups is 2. The zero-order chi connectivity index (χ0) is 42.4. The van der Waals surface area contributed by atoms with E-state index in [2.05, 4.69) is 32.8 Å². The number of imidazole rings is 1. The van der Waals surface area contributed by atoms with Crippen LogP contribution in [0, 0.1) is 17.8 Å². The Hall–Kier alpha value is -3.49. The first-order valence-electron chi connectivity index (χ1n) is 21.7. The molecule has 1 aromatic heterocycles. The lowest BCUT2D eigenvalue weighted by Crippen LogP contribution is -2.49. The molecule has 8 N–H and O–H groups in total. The van der Waals surface area contributed by atoms with E-state index < -0.39 is 73.0 Å². The smallest absolute Gasteiger partial charge is 0.224 e. The van der Waals surface area contributed by atoms with Crippen molar-refractivity contribution in [2.24, 2.45) is 23.5 Å². The van der Waals surface area contributed by atoms with E-state index in [0.717, 1.165) is 25.7 Å². The van der Waals surface area contributed by atoms with Crippen molar-refractivity contribution in [3.05, 3.63) is 18.2 Å². The van der Waals surface area contributed by atoms with Crippen LogP contribution < -0.4 is 21.7 Å². The van der Waals surface area contributed by atoms with E-state index in [9.17, 15) is 39.0 Å². The minimum absolute atomic E-state index is 0.0147. The number of H-pyrrole nitrogens is 1. The fourth-order valence-corrected chi connectivity index (χ4v) is 7.00. The van der Waals surface area contributed by atoms with Crippen LogP contribution in [0.15, 0.2) is 12.5 Å². The molecular formula is C43H76N6O8. The molecule has 0 radical (unpaired) electrons. The number of nitrogens with two attached hydrogens (primary N) is 1. The molecule has 0 saturated carbocycles. The van der Waals surface area contributed by atoms with E-state index in [4.69, 9.17) is 5.73 Å². The van der Waals surface area contributed by atoms with Gasteiger partial charge in [-0.3, -0.25) is 28.8 Å². The summed E-state index contributed by atoms with van der Waals surface area (Å²) in [6.45, 7) is 6.38. The second-order valence-corrected chi connectivity index (χ2v) is 16.1. The van der Waals surface area contributed by atoms with Gasteiger partial charge in [0.15, 0.2) is 17.3 Å². The van der Waals surface area contributed by atoms with Gasteiger partial charge in [0.05, 0.1) is 31.5 Å². The number of nitrogens with one attached hydrogen (secondary N) is 4. The average molecular weight is 805 g/mol. The molecule has 0 aromatic carbocycles. The van der Waals surface area contributed by atoms with Crippen LogP contribution in [0.4, 0.5) is 0 Å². The molecule has 0 aliphatic rings. The van der Waals surface area contributed by atoms with Crippen molar-refractivity contribution in [3.8, 4) is 0 Å². The number of carbonyl (C=O) groups excluding carboxylic acids is 6. The first-order chi connectivity index (χ1) is 27.4. The number of aliphatic hydroxyl groups excluding tert-OH is 2. The Morgan fingerprint density at radius 2 is 1.23 bits per heavy atom. The molecule has 0 aliphatic carbocycles. The SMILES string of the molecule is CCCCCCCCCCCCCCCC(=O)N[C@@H](CCCCN)C(=O)C[C@@H](CC(C)C)C(=O)N[C@@H](CO)C(=O)C[C@@H](Cc1cnc[nH]1)C(=O)N[C@@H](CO)C(C)=O. The van der Waals surface area contributed by atoms with Crippen LogP contribution in [0.5, 0.6) is 0 Å². The number of nitrogens with zero attached hydrogens (tertiary/aromatic N) is 1. The Morgan fingerprint density at radius 1 is 0.702 bits per heavy atom. The Bertz CT molecular complexity index is 1290. The van der Waals surface area contributed by atoms with Crippen molar-refractivity contribution in [3.63, 3.8) is 0 Å². The lowest BCUT2D eigenvalue weighted by Gasteiger charge is -2.25. The van der Waals surface area contributed by atoms with Crippen LogP contribution in [0.2, 0.25) is 0 Å². The maximum Gasteiger partial charge on any atom is 0.224 e. The number of hydrogen-bond donors (Lipinski definition) is 7. The minimum Gasteiger partial charge on any atom is -0.394 e. The maximum atomic E-state index is 13.7. The van der Waals surface area contributed by atoms with Crippen LogP contribution in [-0.4, -0.2) is 93.1 Å². The van der Waals surface area contributed by atoms with Gasteiger partial charge in [0.2, 0.25) is 17.7 Å². The largest absolute Gasteiger partial charge is 0.394 e. The van der Waals surface area contributed by atoms with Crippen LogP contribution in [0.25, 0.3) is 0 Å². The van der Waals surface area contributed by atoms with E-state index in [1.165, 1.54) is 77.2 Å². The number of hydrogen-bond acceptors (Lipinski definition) is 10. The molecule has 326 valence electrons. The second kappa shape index (κ2) is 31.5. The first-order valence-corrected chi connectivity index (χ1v) is 21.7. The van der Waals surface area contributed by atoms with Gasteiger partial charge in [0, 0.05) is 43.5 Å². The topological polar surface area (TPSA) is 234 Å². The third-order valence-corrected chi connectivity index (χ3v) is 10.5. The molecule has 1 aromatic rings. The van der Waals surface area contributed by atoms with Gasteiger partial charge in [0.25, 0.3) is 0 Å². The Labute approximate surface area is 341 Å². The number of rotatable bonds is 36. The molecule has 0 saturated heterocycles. The van der Waals surface area contributed by atoms with Gasteiger partial charge in [-0.05, 0) is 51.5 Å². The van der Waals surface area contributed by atoms with E-state index in [1.807, 2.05) is 13.8 Å². The average Bonchev–Trinajstić information content (AvgIpc) is 3.69. The van der Waals surface area contributed by atoms with Crippen LogP contribution in [-0.2, 0) is 35.2 Å². The summed E-state index contributed by atoms with van der Waals surface area (Å²) in [5.74, 6) is -4.63. The molecule has 3 amide bonds. The molecule has 0 unspecified atom stereocenters. The monoisotopic (exact) mass is 805 g/mol. The fourth-order valence-electron chi connectivity index (χ4n) is 7.00. The van der Waals surface area contributed by atoms with Crippen molar-refractivity contribution < 1.29 is 39.0 Å². The highest BCUT2D eigenvalue weighted by molar-refractivity contribution is 5.96. The predicted molar refractivity (Wildman–Crippen MR) is 222 cm³/mol. The summed E-state index contributed by atoms with van der Waals surface area (Å²) in [5, 5.41) is 27.8. The third kappa shape index (κ3) is 23.5. The highest BCUT2D eigenvalue weighted by Gasteiger charge is 2.33. The van der Waals surface area contributed by atoms with E-state index in [-0.39, 0.29) is 30.4 Å².